The molecule has 1 N–H and O–H groups in total. The summed E-state index contributed by atoms with van der Waals surface area (Å²) in [4.78, 5) is 0. The summed E-state index contributed by atoms with van der Waals surface area (Å²) in [5, 5.41) is 4.36. The molecular weight excluding hydrogens is 282 g/mol. The van der Waals surface area contributed by atoms with E-state index < -0.39 is 0 Å². The van der Waals surface area contributed by atoms with Crippen molar-refractivity contribution in [2.45, 2.75) is 64.0 Å². The zero-order valence-electron chi connectivity index (χ0n) is 13.1. The van der Waals surface area contributed by atoms with Gasteiger partial charge in [0.25, 0.3) is 0 Å². The first-order valence-electron chi connectivity index (χ1n) is 8.40. The van der Waals surface area contributed by atoms with E-state index in [1.54, 1.807) is 0 Å². The molecule has 1 aromatic carbocycles. The molecule has 118 valence electrons. The van der Waals surface area contributed by atoms with Gasteiger partial charge in [-0.2, -0.15) is 0 Å². The molecule has 0 amide bonds. The van der Waals surface area contributed by atoms with Crippen molar-refractivity contribution in [1.82, 2.24) is 5.32 Å². The van der Waals surface area contributed by atoms with Gasteiger partial charge in [-0.05, 0) is 37.0 Å². The maximum atomic E-state index is 6.12. The van der Waals surface area contributed by atoms with E-state index in [1.165, 1.54) is 44.1 Å². The second-order valence-corrected chi connectivity index (χ2v) is 6.45. The van der Waals surface area contributed by atoms with Crippen LogP contribution in [0.5, 0.6) is 0 Å². The van der Waals surface area contributed by atoms with Crippen LogP contribution in [0.25, 0.3) is 0 Å². The van der Waals surface area contributed by atoms with Crippen molar-refractivity contribution in [1.29, 1.82) is 0 Å². The number of benzene rings is 1. The Balaban J connectivity index is 1.77. The molecule has 1 atom stereocenters. The van der Waals surface area contributed by atoms with E-state index in [2.05, 4.69) is 18.3 Å². The first-order valence-corrected chi connectivity index (χ1v) is 8.78. The second kappa shape index (κ2) is 9.45. The van der Waals surface area contributed by atoms with Gasteiger partial charge in [-0.3, -0.25) is 0 Å². The fourth-order valence-electron chi connectivity index (χ4n) is 2.47. The van der Waals surface area contributed by atoms with E-state index in [0.717, 1.165) is 24.6 Å². The van der Waals surface area contributed by atoms with Gasteiger partial charge in [0.15, 0.2) is 0 Å². The molecule has 1 saturated carbocycles. The Morgan fingerprint density at radius 1 is 1.24 bits per heavy atom. The third kappa shape index (κ3) is 6.82. The number of ether oxygens (including phenoxy) is 1. The normalized spacial score (nSPS) is 16.1. The van der Waals surface area contributed by atoms with Crippen LogP contribution in [0.1, 0.15) is 63.5 Å². The zero-order chi connectivity index (χ0) is 14.9. The van der Waals surface area contributed by atoms with Crippen molar-refractivity contribution >= 4 is 11.6 Å². The predicted octanol–water partition coefficient (Wildman–Crippen LogP) is 5.12. The largest absolute Gasteiger partial charge is 0.372 e. The molecule has 0 aromatic heterocycles. The molecule has 21 heavy (non-hydrogen) atoms. The van der Waals surface area contributed by atoms with Crippen LogP contribution >= 0.6 is 11.6 Å². The molecule has 0 radical (unpaired) electrons. The summed E-state index contributed by atoms with van der Waals surface area (Å²) < 4.78 is 6.12. The Morgan fingerprint density at radius 2 is 2.05 bits per heavy atom. The third-order valence-electron chi connectivity index (χ3n) is 3.96. The van der Waals surface area contributed by atoms with E-state index in [9.17, 15) is 0 Å². The van der Waals surface area contributed by atoms with Gasteiger partial charge < -0.3 is 10.1 Å². The average Bonchev–Trinajstić information content (AvgIpc) is 3.30. The SMILES string of the molecule is CCCCCCCOC(CNC1CC1)c1cccc(Cl)c1. The molecular formula is C18H28ClNO. The standard InChI is InChI=1S/C18H28ClNO/c1-2-3-4-5-6-12-21-18(14-20-17-10-11-17)15-8-7-9-16(19)13-15/h7-9,13,17-18,20H,2-6,10-12,14H2,1H3. The summed E-state index contributed by atoms with van der Waals surface area (Å²) in [6.45, 7) is 3.97. The number of halogens is 1. The van der Waals surface area contributed by atoms with Crippen LogP contribution in [0.15, 0.2) is 24.3 Å². The fraction of sp³-hybridized carbons (Fsp3) is 0.667. The minimum Gasteiger partial charge on any atom is -0.372 e. The van der Waals surface area contributed by atoms with Crippen LogP contribution in [-0.4, -0.2) is 19.2 Å². The lowest BCUT2D eigenvalue weighted by Gasteiger charge is -2.19. The molecule has 0 heterocycles. The highest BCUT2D eigenvalue weighted by atomic mass is 35.5. The van der Waals surface area contributed by atoms with E-state index in [4.69, 9.17) is 16.3 Å². The Kier molecular flexibility index (Phi) is 7.56. The highest BCUT2D eigenvalue weighted by Crippen LogP contribution is 2.24. The molecule has 1 aromatic rings. The van der Waals surface area contributed by atoms with E-state index in [1.807, 2.05) is 18.2 Å². The van der Waals surface area contributed by atoms with Crippen LogP contribution in [0, 0.1) is 0 Å². The Labute approximate surface area is 134 Å². The van der Waals surface area contributed by atoms with Crippen molar-refractivity contribution in [3.63, 3.8) is 0 Å². The van der Waals surface area contributed by atoms with E-state index in [0.29, 0.717) is 6.04 Å². The van der Waals surface area contributed by atoms with Gasteiger partial charge in [-0.15, -0.1) is 0 Å². The topological polar surface area (TPSA) is 21.3 Å². The summed E-state index contributed by atoms with van der Waals surface area (Å²) in [5.41, 5.74) is 1.18. The molecule has 0 spiro atoms. The van der Waals surface area contributed by atoms with Gasteiger partial charge in [0.2, 0.25) is 0 Å². The van der Waals surface area contributed by atoms with Gasteiger partial charge in [-0.1, -0.05) is 56.3 Å². The van der Waals surface area contributed by atoms with Crippen LogP contribution in [0.2, 0.25) is 5.02 Å². The van der Waals surface area contributed by atoms with Crippen LogP contribution in [0.3, 0.4) is 0 Å². The first kappa shape index (κ1) is 16.8. The maximum Gasteiger partial charge on any atom is 0.0949 e. The first-order chi connectivity index (χ1) is 10.3. The Bertz CT molecular complexity index is 406. The van der Waals surface area contributed by atoms with Crippen LogP contribution in [0.4, 0.5) is 0 Å². The predicted molar refractivity (Wildman–Crippen MR) is 89.9 cm³/mol. The number of hydrogen-bond donors (Lipinski definition) is 1. The van der Waals surface area contributed by atoms with Gasteiger partial charge in [-0.25, -0.2) is 0 Å². The number of nitrogens with one attached hydrogen (secondary N) is 1. The lowest BCUT2D eigenvalue weighted by atomic mass is 10.1. The number of rotatable bonds is 11. The van der Waals surface area contributed by atoms with E-state index >= 15 is 0 Å². The van der Waals surface area contributed by atoms with Crippen molar-refractivity contribution in [2.75, 3.05) is 13.2 Å². The Morgan fingerprint density at radius 3 is 2.76 bits per heavy atom. The molecule has 3 heteroatoms. The quantitative estimate of drug-likeness (QED) is 0.573. The molecule has 0 saturated heterocycles. The minimum atomic E-state index is 0.121. The molecule has 1 unspecified atom stereocenters. The summed E-state index contributed by atoms with van der Waals surface area (Å²) in [5.74, 6) is 0. The van der Waals surface area contributed by atoms with Crippen LogP contribution < -0.4 is 5.32 Å². The third-order valence-corrected chi connectivity index (χ3v) is 4.19. The Hall–Kier alpha value is -0.570. The smallest absolute Gasteiger partial charge is 0.0949 e. The summed E-state index contributed by atoms with van der Waals surface area (Å²) in [6.07, 6.45) is 9.10. The van der Waals surface area contributed by atoms with E-state index in [-0.39, 0.29) is 6.10 Å². The van der Waals surface area contributed by atoms with Crippen molar-refractivity contribution in [3.05, 3.63) is 34.9 Å². The van der Waals surface area contributed by atoms with Crippen molar-refractivity contribution in [2.24, 2.45) is 0 Å². The van der Waals surface area contributed by atoms with Gasteiger partial charge in [0.1, 0.15) is 0 Å². The molecule has 0 aliphatic heterocycles. The monoisotopic (exact) mass is 309 g/mol. The maximum absolute atomic E-state index is 6.12. The minimum absolute atomic E-state index is 0.121. The molecule has 2 nitrogen and oxygen atoms in total. The molecule has 1 fully saturated rings. The van der Waals surface area contributed by atoms with Crippen LogP contribution in [-0.2, 0) is 4.74 Å². The van der Waals surface area contributed by atoms with Crippen molar-refractivity contribution < 1.29 is 4.74 Å². The average molecular weight is 310 g/mol. The number of unbranched alkanes of at least 4 members (excludes halogenated alkanes) is 4. The highest BCUT2D eigenvalue weighted by molar-refractivity contribution is 6.30. The molecule has 0 bridgehead atoms. The summed E-state index contributed by atoms with van der Waals surface area (Å²) in [7, 11) is 0. The zero-order valence-corrected chi connectivity index (χ0v) is 13.9. The fourth-order valence-corrected chi connectivity index (χ4v) is 2.67. The van der Waals surface area contributed by atoms with Crippen molar-refractivity contribution in [3.8, 4) is 0 Å². The lowest BCUT2D eigenvalue weighted by Crippen LogP contribution is -2.25. The summed E-state index contributed by atoms with van der Waals surface area (Å²) in [6, 6.07) is 8.77. The lowest BCUT2D eigenvalue weighted by molar-refractivity contribution is 0.0495. The second-order valence-electron chi connectivity index (χ2n) is 6.01. The molecule has 2 rings (SSSR count). The van der Waals surface area contributed by atoms with Gasteiger partial charge >= 0.3 is 0 Å². The van der Waals surface area contributed by atoms with Gasteiger partial charge in [0.05, 0.1) is 6.10 Å². The number of hydrogen-bond acceptors (Lipinski definition) is 2. The molecule has 1 aliphatic rings. The highest BCUT2D eigenvalue weighted by Gasteiger charge is 2.22. The summed E-state index contributed by atoms with van der Waals surface area (Å²) >= 11 is 6.11. The molecule has 1 aliphatic carbocycles. The van der Waals surface area contributed by atoms with Gasteiger partial charge in [0, 0.05) is 24.2 Å².